The molecule has 0 aromatic rings. The molecule has 22 heavy (non-hydrogen) atoms. The van der Waals surface area contributed by atoms with E-state index in [1.165, 1.54) is 51.6 Å². The summed E-state index contributed by atoms with van der Waals surface area (Å²) in [6, 6.07) is 0.613. The summed E-state index contributed by atoms with van der Waals surface area (Å²) in [6.07, 6.45) is 8.50. The molecule has 4 nitrogen and oxygen atoms in total. The van der Waals surface area contributed by atoms with Crippen LogP contribution in [0, 0.1) is 0 Å². The molecule has 0 aliphatic carbocycles. The second kappa shape index (κ2) is 8.72. The van der Waals surface area contributed by atoms with Crippen molar-refractivity contribution in [2.24, 2.45) is 0 Å². The molecule has 0 saturated carbocycles. The first-order valence-electron chi connectivity index (χ1n) is 8.47. The fourth-order valence-electron chi connectivity index (χ4n) is 4.13. The summed E-state index contributed by atoms with van der Waals surface area (Å²) in [4.78, 5) is 17.6. The van der Waals surface area contributed by atoms with Crippen molar-refractivity contribution in [3.63, 3.8) is 0 Å². The minimum Gasteiger partial charge on any atom is -0.340 e. The van der Waals surface area contributed by atoms with Gasteiger partial charge in [0.2, 0.25) is 5.91 Å². The highest BCUT2D eigenvalue weighted by atomic mass is 35.5. The number of piperidine rings is 2. The monoisotopic (exact) mass is 351 g/mol. The van der Waals surface area contributed by atoms with Crippen molar-refractivity contribution in [3.8, 4) is 0 Å². The van der Waals surface area contributed by atoms with Crippen LogP contribution in [-0.4, -0.2) is 60.0 Å². The second-order valence-electron chi connectivity index (χ2n) is 7.01. The average molecular weight is 352 g/mol. The minimum absolute atomic E-state index is 0. The molecule has 3 aliphatic heterocycles. The van der Waals surface area contributed by atoms with Crippen molar-refractivity contribution < 1.29 is 4.79 Å². The van der Waals surface area contributed by atoms with Gasteiger partial charge in [0.25, 0.3) is 0 Å². The van der Waals surface area contributed by atoms with Crippen LogP contribution in [0.15, 0.2) is 0 Å². The van der Waals surface area contributed by atoms with Crippen molar-refractivity contribution in [1.29, 1.82) is 0 Å². The van der Waals surface area contributed by atoms with Crippen molar-refractivity contribution >= 4 is 30.7 Å². The number of likely N-dealkylation sites (tertiary alicyclic amines) is 2. The molecule has 1 N–H and O–H groups in total. The first-order valence-corrected chi connectivity index (χ1v) is 8.47. The molecule has 130 valence electrons. The van der Waals surface area contributed by atoms with E-state index < -0.39 is 0 Å². The third-order valence-electron chi connectivity index (χ3n) is 5.43. The van der Waals surface area contributed by atoms with Crippen molar-refractivity contribution in [2.45, 2.75) is 63.5 Å². The first kappa shape index (κ1) is 20.0. The van der Waals surface area contributed by atoms with E-state index in [2.05, 4.69) is 22.0 Å². The van der Waals surface area contributed by atoms with E-state index in [-0.39, 0.29) is 30.4 Å². The van der Waals surface area contributed by atoms with Crippen LogP contribution in [0.3, 0.4) is 0 Å². The van der Waals surface area contributed by atoms with Crippen molar-refractivity contribution in [2.75, 3.05) is 32.7 Å². The van der Waals surface area contributed by atoms with Gasteiger partial charge in [0, 0.05) is 19.1 Å². The zero-order chi connectivity index (χ0) is 14.0. The van der Waals surface area contributed by atoms with Gasteiger partial charge in [0.05, 0.1) is 5.54 Å². The Hall–Kier alpha value is -0.0300. The van der Waals surface area contributed by atoms with E-state index in [0.717, 1.165) is 26.1 Å². The van der Waals surface area contributed by atoms with Crippen LogP contribution in [-0.2, 0) is 4.79 Å². The molecular formula is C16H31Cl2N3O. The molecule has 1 amide bonds. The zero-order valence-corrected chi connectivity index (χ0v) is 15.3. The standard InChI is InChI=1S/C16H29N3O.2ClH/c1-16(8-2-3-9-17-16)15(20)19-12-6-7-14(13-19)18-10-4-5-11-18;;/h14,17H,2-13H2,1H3;2*1H. The maximum Gasteiger partial charge on any atom is 0.242 e. The lowest BCUT2D eigenvalue weighted by molar-refractivity contribution is -0.140. The van der Waals surface area contributed by atoms with Gasteiger partial charge in [-0.05, 0) is 71.5 Å². The molecule has 0 aromatic carbocycles. The Bertz CT molecular complexity index is 355. The van der Waals surface area contributed by atoms with E-state index in [9.17, 15) is 4.79 Å². The van der Waals surface area contributed by atoms with Crippen molar-refractivity contribution in [3.05, 3.63) is 0 Å². The quantitative estimate of drug-likeness (QED) is 0.829. The predicted molar refractivity (Wildman–Crippen MR) is 95.2 cm³/mol. The molecule has 6 heteroatoms. The Morgan fingerprint density at radius 2 is 1.77 bits per heavy atom. The van der Waals surface area contributed by atoms with Gasteiger partial charge in [-0.25, -0.2) is 0 Å². The molecule has 2 unspecified atom stereocenters. The number of halogens is 2. The fraction of sp³-hybridized carbons (Fsp3) is 0.938. The number of nitrogens with one attached hydrogen (secondary N) is 1. The molecule has 0 aromatic heterocycles. The number of hydrogen-bond donors (Lipinski definition) is 1. The Balaban J connectivity index is 0.00000121. The predicted octanol–water partition coefficient (Wildman–Crippen LogP) is 2.45. The van der Waals surface area contributed by atoms with Gasteiger partial charge in [-0.3, -0.25) is 9.69 Å². The topological polar surface area (TPSA) is 35.6 Å². The third kappa shape index (κ3) is 4.28. The number of carbonyl (C=O) groups is 1. The lowest BCUT2D eigenvalue weighted by atomic mass is 9.88. The molecule has 3 fully saturated rings. The van der Waals surface area contributed by atoms with Gasteiger partial charge in [-0.2, -0.15) is 0 Å². The summed E-state index contributed by atoms with van der Waals surface area (Å²) in [5, 5.41) is 3.47. The van der Waals surface area contributed by atoms with Crippen LogP contribution in [0.5, 0.6) is 0 Å². The summed E-state index contributed by atoms with van der Waals surface area (Å²) < 4.78 is 0. The van der Waals surface area contributed by atoms with E-state index in [1.54, 1.807) is 0 Å². The van der Waals surface area contributed by atoms with Gasteiger partial charge in [0.1, 0.15) is 0 Å². The van der Waals surface area contributed by atoms with Gasteiger partial charge in [0.15, 0.2) is 0 Å². The normalized spacial score (nSPS) is 33.0. The summed E-state index contributed by atoms with van der Waals surface area (Å²) in [5.41, 5.74) is -0.300. The van der Waals surface area contributed by atoms with Crippen LogP contribution in [0.2, 0.25) is 0 Å². The summed E-state index contributed by atoms with van der Waals surface area (Å²) >= 11 is 0. The molecule has 0 radical (unpaired) electrons. The Morgan fingerprint density at radius 3 is 2.41 bits per heavy atom. The van der Waals surface area contributed by atoms with Crippen molar-refractivity contribution in [1.82, 2.24) is 15.1 Å². The zero-order valence-electron chi connectivity index (χ0n) is 13.7. The highest BCUT2D eigenvalue weighted by molar-refractivity contribution is 5.86. The molecule has 3 saturated heterocycles. The second-order valence-corrected chi connectivity index (χ2v) is 7.01. The van der Waals surface area contributed by atoms with Gasteiger partial charge in [-0.15, -0.1) is 24.8 Å². The molecule has 3 rings (SSSR count). The lowest BCUT2D eigenvalue weighted by Gasteiger charge is -2.43. The van der Waals surface area contributed by atoms with E-state index in [1.807, 2.05) is 0 Å². The van der Waals surface area contributed by atoms with E-state index in [0.29, 0.717) is 11.9 Å². The molecule has 0 bridgehead atoms. The van der Waals surface area contributed by atoms with Gasteiger partial charge >= 0.3 is 0 Å². The Morgan fingerprint density at radius 1 is 1.05 bits per heavy atom. The summed E-state index contributed by atoms with van der Waals surface area (Å²) in [7, 11) is 0. The maximum atomic E-state index is 12.9. The molecule has 3 heterocycles. The minimum atomic E-state index is -0.300. The maximum absolute atomic E-state index is 12.9. The number of nitrogens with zero attached hydrogens (tertiary/aromatic N) is 2. The molecular weight excluding hydrogens is 321 g/mol. The number of carbonyl (C=O) groups excluding carboxylic acids is 1. The van der Waals surface area contributed by atoms with Crippen LogP contribution in [0.25, 0.3) is 0 Å². The summed E-state index contributed by atoms with van der Waals surface area (Å²) in [6.45, 7) is 7.49. The van der Waals surface area contributed by atoms with Crippen LogP contribution in [0.1, 0.15) is 51.9 Å². The van der Waals surface area contributed by atoms with Crippen LogP contribution < -0.4 is 5.32 Å². The SMILES string of the molecule is CC1(C(=O)N2CCCC(N3CCCC3)C2)CCCCN1.Cl.Cl. The highest BCUT2D eigenvalue weighted by Crippen LogP contribution is 2.25. The average Bonchev–Trinajstić information content (AvgIpc) is 3.02. The number of hydrogen-bond acceptors (Lipinski definition) is 3. The van der Waals surface area contributed by atoms with E-state index >= 15 is 0 Å². The summed E-state index contributed by atoms with van der Waals surface area (Å²) in [5.74, 6) is 0.348. The first-order chi connectivity index (χ1) is 9.69. The third-order valence-corrected chi connectivity index (χ3v) is 5.43. The highest BCUT2D eigenvalue weighted by Gasteiger charge is 2.39. The fourth-order valence-corrected chi connectivity index (χ4v) is 4.13. The molecule has 2 atom stereocenters. The van der Waals surface area contributed by atoms with E-state index in [4.69, 9.17) is 0 Å². The largest absolute Gasteiger partial charge is 0.340 e. The van der Waals surface area contributed by atoms with Crippen LogP contribution >= 0.6 is 24.8 Å². The molecule has 0 spiro atoms. The number of amides is 1. The number of rotatable bonds is 2. The van der Waals surface area contributed by atoms with Gasteiger partial charge in [-0.1, -0.05) is 0 Å². The lowest BCUT2D eigenvalue weighted by Crippen LogP contribution is -2.61. The van der Waals surface area contributed by atoms with Crippen LogP contribution in [0.4, 0.5) is 0 Å². The smallest absolute Gasteiger partial charge is 0.242 e. The Labute approximate surface area is 147 Å². The molecule has 3 aliphatic rings. The van der Waals surface area contributed by atoms with Gasteiger partial charge < -0.3 is 10.2 Å². The Kier molecular flexibility index (Phi) is 7.93.